The number of nitrogens with zero attached hydrogens (tertiary/aromatic N) is 2. The maximum absolute atomic E-state index is 2.74. The summed E-state index contributed by atoms with van der Waals surface area (Å²) in [6.45, 7) is 10.1. The SMILES string of the molecule is CPN1CCC(C)(N2CCCC2)CC1. The molecule has 0 amide bonds. The van der Waals surface area contributed by atoms with E-state index in [0.29, 0.717) is 5.54 Å². The van der Waals surface area contributed by atoms with E-state index in [-0.39, 0.29) is 0 Å². The third-order valence-corrected chi connectivity index (χ3v) is 5.11. The first-order valence-corrected chi connectivity index (χ1v) is 7.37. The van der Waals surface area contributed by atoms with Gasteiger partial charge in [0.25, 0.3) is 0 Å². The first-order chi connectivity index (χ1) is 6.74. The number of piperidine rings is 1. The molecule has 2 aliphatic heterocycles. The van der Waals surface area contributed by atoms with Crippen LogP contribution in [0.3, 0.4) is 0 Å². The van der Waals surface area contributed by atoms with Crippen LogP contribution in [-0.2, 0) is 0 Å². The molecule has 3 heteroatoms. The zero-order valence-electron chi connectivity index (χ0n) is 9.55. The molecular weight excluding hydrogens is 191 g/mol. The molecule has 2 heterocycles. The smallest absolute Gasteiger partial charge is 0.0206 e. The van der Waals surface area contributed by atoms with Crippen LogP contribution in [-0.4, -0.2) is 48.0 Å². The van der Waals surface area contributed by atoms with Crippen molar-refractivity contribution in [2.45, 2.75) is 38.1 Å². The molecule has 2 saturated heterocycles. The largest absolute Gasteiger partial charge is 0.298 e. The molecule has 1 atom stereocenters. The van der Waals surface area contributed by atoms with E-state index in [4.69, 9.17) is 0 Å². The van der Waals surface area contributed by atoms with Gasteiger partial charge < -0.3 is 0 Å². The molecule has 2 aliphatic rings. The van der Waals surface area contributed by atoms with Gasteiger partial charge >= 0.3 is 0 Å². The Morgan fingerprint density at radius 1 is 1.00 bits per heavy atom. The van der Waals surface area contributed by atoms with Crippen molar-refractivity contribution in [2.24, 2.45) is 0 Å². The maximum atomic E-state index is 2.74. The topological polar surface area (TPSA) is 6.48 Å². The van der Waals surface area contributed by atoms with Crippen LogP contribution in [0, 0.1) is 0 Å². The van der Waals surface area contributed by atoms with E-state index in [1.54, 1.807) is 0 Å². The summed E-state index contributed by atoms with van der Waals surface area (Å²) >= 11 is 0. The molecule has 0 aromatic carbocycles. The zero-order valence-corrected chi connectivity index (χ0v) is 10.6. The molecule has 1 unspecified atom stereocenters. The van der Waals surface area contributed by atoms with Crippen molar-refractivity contribution in [1.82, 2.24) is 9.57 Å². The summed E-state index contributed by atoms with van der Waals surface area (Å²) < 4.78 is 2.61. The maximum Gasteiger partial charge on any atom is 0.0206 e. The quantitative estimate of drug-likeness (QED) is 0.650. The van der Waals surface area contributed by atoms with Crippen molar-refractivity contribution in [2.75, 3.05) is 32.8 Å². The average molecular weight is 214 g/mol. The summed E-state index contributed by atoms with van der Waals surface area (Å²) in [4.78, 5) is 2.74. The van der Waals surface area contributed by atoms with E-state index in [0.717, 1.165) is 8.73 Å². The van der Waals surface area contributed by atoms with Gasteiger partial charge in [-0.1, -0.05) is 8.73 Å². The van der Waals surface area contributed by atoms with Gasteiger partial charge in [-0.15, -0.1) is 0 Å². The third kappa shape index (κ3) is 2.13. The Balaban J connectivity index is 1.90. The van der Waals surface area contributed by atoms with Crippen LogP contribution >= 0.6 is 8.73 Å². The molecule has 0 saturated carbocycles. The number of hydrogen-bond donors (Lipinski definition) is 0. The Kier molecular flexibility index (Phi) is 3.46. The molecule has 2 rings (SSSR count). The summed E-state index contributed by atoms with van der Waals surface area (Å²) in [5, 5.41) is 0. The summed E-state index contributed by atoms with van der Waals surface area (Å²) in [6.07, 6.45) is 5.62. The van der Waals surface area contributed by atoms with Crippen LogP contribution in [0.4, 0.5) is 0 Å². The van der Waals surface area contributed by atoms with Gasteiger partial charge in [-0.2, -0.15) is 0 Å². The molecule has 0 N–H and O–H groups in total. The Hall–Kier alpha value is 0.350. The standard InChI is InChI=1S/C11H23N2P/c1-11(12-7-3-4-8-12)5-9-13(14-2)10-6-11/h14H,3-10H2,1-2H3. The first-order valence-electron chi connectivity index (χ1n) is 5.92. The highest BCUT2D eigenvalue weighted by Crippen LogP contribution is 2.33. The van der Waals surface area contributed by atoms with Crippen LogP contribution in [0.5, 0.6) is 0 Å². The predicted octanol–water partition coefficient (Wildman–Crippen LogP) is 2.16. The van der Waals surface area contributed by atoms with Crippen LogP contribution in [0.25, 0.3) is 0 Å². The summed E-state index contributed by atoms with van der Waals surface area (Å²) in [6, 6.07) is 0. The van der Waals surface area contributed by atoms with E-state index >= 15 is 0 Å². The highest BCUT2D eigenvalue weighted by Gasteiger charge is 2.36. The molecule has 0 aromatic heterocycles. The Morgan fingerprint density at radius 3 is 2.07 bits per heavy atom. The number of likely N-dealkylation sites (tertiary alicyclic amines) is 1. The molecule has 0 spiro atoms. The molecule has 0 radical (unpaired) electrons. The lowest BCUT2D eigenvalue weighted by Crippen LogP contribution is -2.51. The lowest BCUT2D eigenvalue weighted by atomic mass is 9.89. The summed E-state index contributed by atoms with van der Waals surface area (Å²) in [7, 11) is 1.01. The van der Waals surface area contributed by atoms with Gasteiger partial charge in [-0.25, -0.2) is 0 Å². The number of rotatable bonds is 2. The van der Waals surface area contributed by atoms with E-state index in [1.807, 2.05) is 0 Å². The minimum Gasteiger partial charge on any atom is -0.298 e. The second kappa shape index (κ2) is 4.47. The Labute approximate surface area is 89.9 Å². The predicted molar refractivity (Wildman–Crippen MR) is 64.3 cm³/mol. The number of hydrogen-bond acceptors (Lipinski definition) is 2. The fourth-order valence-electron chi connectivity index (χ4n) is 2.79. The normalized spacial score (nSPS) is 30.4. The van der Waals surface area contributed by atoms with Crippen LogP contribution in [0.2, 0.25) is 0 Å². The van der Waals surface area contributed by atoms with Gasteiger partial charge in [-0.3, -0.25) is 9.57 Å². The van der Waals surface area contributed by atoms with Crippen LogP contribution in [0.1, 0.15) is 32.6 Å². The molecule has 0 aliphatic carbocycles. The molecule has 0 bridgehead atoms. The fourth-order valence-corrected chi connectivity index (χ4v) is 3.46. The average Bonchev–Trinajstić information content (AvgIpc) is 2.72. The minimum atomic E-state index is 0.534. The van der Waals surface area contributed by atoms with Crippen molar-refractivity contribution >= 4 is 8.73 Å². The highest BCUT2D eigenvalue weighted by atomic mass is 31.1. The van der Waals surface area contributed by atoms with Crippen molar-refractivity contribution < 1.29 is 0 Å². The van der Waals surface area contributed by atoms with Crippen molar-refractivity contribution in [3.8, 4) is 0 Å². The lowest BCUT2D eigenvalue weighted by molar-refractivity contribution is 0.0786. The summed E-state index contributed by atoms with van der Waals surface area (Å²) in [5.74, 6) is 0. The van der Waals surface area contributed by atoms with Gasteiger partial charge in [0, 0.05) is 18.6 Å². The van der Waals surface area contributed by atoms with E-state index in [1.165, 1.54) is 51.9 Å². The molecule has 2 nitrogen and oxygen atoms in total. The molecular formula is C11H23N2P. The van der Waals surface area contributed by atoms with E-state index in [9.17, 15) is 0 Å². The highest BCUT2D eigenvalue weighted by molar-refractivity contribution is 7.34. The van der Waals surface area contributed by atoms with Crippen molar-refractivity contribution in [1.29, 1.82) is 0 Å². The first kappa shape index (κ1) is 10.9. The molecule has 2 fully saturated rings. The second-order valence-electron chi connectivity index (χ2n) is 4.90. The van der Waals surface area contributed by atoms with Gasteiger partial charge in [0.2, 0.25) is 0 Å². The van der Waals surface area contributed by atoms with Gasteiger partial charge in [0.05, 0.1) is 0 Å². The monoisotopic (exact) mass is 214 g/mol. The molecule has 0 aromatic rings. The molecule has 14 heavy (non-hydrogen) atoms. The lowest BCUT2D eigenvalue weighted by Gasteiger charge is -2.45. The Bertz CT molecular complexity index is 182. The second-order valence-corrected chi connectivity index (χ2v) is 5.98. The van der Waals surface area contributed by atoms with Crippen molar-refractivity contribution in [3.63, 3.8) is 0 Å². The summed E-state index contributed by atoms with van der Waals surface area (Å²) in [5.41, 5.74) is 0.534. The van der Waals surface area contributed by atoms with E-state index < -0.39 is 0 Å². The van der Waals surface area contributed by atoms with E-state index in [2.05, 4.69) is 23.2 Å². The van der Waals surface area contributed by atoms with Crippen LogP contribution in [0.15, 0.2) is 0 Å². The third-order valence-electron chi connectivity index (χ3n) is 4.03. The van der Waals surface area contributed by atoms with Gasteiger partial charge in [-0.05, 0) is 52.4 Å². The van der Waals surface area contributed by atoms with Gasteiger partial charge in [0.1, 0.15) is 0 Å². The van der Waals surface area contributed by atoms with Gasteiger partial charge in [0.15, 0.2) is 0 Å². The fraction of sp³-hybridized carbons (Fsp3) is 1.00. The minimum absolute atomic E-state index is 0.534. The van der Waals surface area contributed by atoms with Crippen molar-refractivity contribution in [3.05, 3.63) is 0 Å². The Morgan fingerprint density at radius 2 is 1.57 bits per heavy atom. The molecule has 82 valence electrons. The van der Waals surface area contributed by atoms with Crippen LogP contribution < -0.4 is 0 Å². The zero-order chi connectivity index (χ0) is 10.0.